The number of hydrogen-bond donors (Lipinski definition) is 2. The predicted molar refractivity (Wildman–Crippen MR) is 179 cm³/mol. The van der Waals surface area contributed by atoms with E-state index in [4.69, 9.17) is 28.4 Å². The highest BCUT2D eigenvalue weighted by Crippen LogP contribution is 2.23. The van der Waals surface area contributed by atoms with Crippen LogP contribution in [0.15, 0.2) is 12.1 Å². The summed E-state index contributed by atoms with van der Waals surface area (Å²) in [5.74, 6) is -1.45. The Morgan fingerprint density at radius 1 is 0.652 bits per heavy atom. The molecule has 266 valence electrons. The summed E-state index contributed by atoms with van der Waals surface area (Å²) in [6, 6.07) is 3.01. The molecule has 46 heavy (non-hydrogen) atoms. The number of aromatic carboxylic acids is 2. The number of rotatable bonds is 30. The fraction of sp³-hybridized carbons (Fsp3) is 0.778. The van der Waals surface area contributed by atoms with E-state index in [0.29, 0.717) is 50.2 Å². The fourth-order valence-electron chi connectivity index (χ4n) is 5.29. The molecular formula is C36H62O10. The van der Waals surface area contributed by atoms with Crippen LogP contribution in [0, 0.1) is 11.8 Å². The lowest BCUT2D eigenvalue weighted by atomic mass is 9.92. The van der Waals surface area contributed by atoms with Gasteiger partial charge in [0.1, 0.15) is 0 Å². The standard InChI is InChI=1S/C36H62O10/c1-7-13-15-27(9-3)23-45-32(43-11-5)25-41-21-19-29-17-18-31(35(37)38)30(34(29)36(39)40)20-22-42-26-33(44-12-6)46-24-28(10-4)16-14-8-2/h17-18,27-28,32-33H,7-16,19-26H2,1-6H3,(H,37,38)(H,39,40). The Labute approximate surface area is 277 Å². The van der Waals surface area contributed by atoms with Crippen molar-refractivity contribution in [3.05, 3.63) is 34.4 Å². The van der Waals surface area contributed by atoms with Crippen molar-refractivity contribution in [2.75, 3.05) is 52.9 Å². The van der Waals surface area contributed by atoms with Crippen LogP contribution in [0.1, 0.15) is 125 Å². The molecule has 0 fully saturated rings. The SMILES string of the molecule is CCCCC(CC)COC(COCCc1ccc(C(=O)O)c(CCOCC(OCC)OCC(CC)CCCC)c1C(=O)O)OCC. The molecule has 4 atom stereocenters. The van der Waals surface area contributed by atoms with E-state index in [9.17, 15) is 19.8 Å². The third-order valence-electron chi connectivity index (χ3n) is 8.19. The Morgan fingerprint density at radius 3 is 1.57 bits per heavy atom. The highest BCUT2D eigenvalue weighted by atomic mass is 16.7. The Kier molecular flexibility index (Phi) is 23.7. The number of benzene rings is 1. The summed E-state index contributed by atoms with van der Waals surface area (Å²) in [5.41, 5.74) is 0.652. The van der Waals surface area contributed by atoms with Crippen molar-refractivity contribution in [2.45, 2.75) is 118 Å². The number of unbranched alkanes of at least 4 members (excludes halogenated alkanes) is 2. The molecular weight excluding hydrogens is 592 g/mol. The van der Waals surface area contributed by atoms with Gasteiger partial charge in [0.2, 0.25) is 0 Å². The van der Waals surface area contributed by atoms with Crippen LogP contribution < -0.4 is 0 Å². The van der Waals surface area contributed by atoms with E-state index >= 15 is 0 Å². The van der Waals surface area contributed by atoms with Crippen LogP contribution in [-0.2, 0) is 41.3 Å². The molecule has 0 spiro atoms. The average molecular weight is 655 g/mol. The van der Waals surface area contributed by atoms with Crippen molar-refractivity contribution < 1.29 is 48.2 Å². The molecule has 0 aliphatic carbocycles. The van der Waals surface area contributed by atoms with Gasteiger partial charge < -0.3 is 38.6 Å². The molecule has 0 bridgehead atoms. The van der Waals surface area contributed by atoms with Crippen LogP contribution >= 0.6 is 0 Å². The van der Waals surface area contributed by atoms with E-state index < -0.39 is 24.5 Å². The van der Waals surface area contributed by atoms with Crippen LogP contribution in [0.5, 0.6) is 0 Å². The Morgan fingerprint density at radius 2 is 1.15 bits per heavy atom. The monoisotopic (exact) mass is 654 g/mol. The van der Waals surface area contributed by atoms with E-state index in [0.717, 1.165) is 44.9 Å². The van der Waals surface area contributed by atoms with Crippen molar-refractivity contribution in [1.82, 2.24) is 0 Å². The second kappa shape index (κ2) is 25.9. The summed E-state index contributed by atoms with van der Waals surface area (Å²) in [5, 5.41) is 20.0. The smallest absolute Gasteiger partial charge is 0.336 e. The molecule has 10 nitrogen and oxygen atoms in total. The number of carboxylic acids is 2. The minimum atomic E-state index is -1.19. The van der Waals surface area contributed by atoms with Crippen LogP contribution in [0.4, 0.5) is 0 Å². The zero-order valence-corrected chi connectivity index (χ0v) is 29.4. The van der Waals surface area contributed by atoms with Gasteiger partial charge in [0, 0.05) is 13.2 Å². The minimum absolute atomic E-state index is 0.0225. The number of ether oxygens (including phenoxy) is 6. The second-order valence-electron chi connectivity index (χ2n) is 11.7. The first-order valence-corrected chi connectivity index (χ1v) is 17.5. The van der Waals surface area contributed by atoms with Crippen molar-refractivity contribution >= 4 is 11.9 Å². The topological polar surface area (TPSA) is 130 Å². The largest absolute Gasteiger partial charge is 0.478 e. The number of carbonyl (C=O) groups is 2. The Bertz CT molecular complexity index is 953. The van der Waals surface area contributed by atoms with Gasteiger partial charge in [0.05, 0.1) is 50.8 Å². The molecule has 0 amide bonds. The third-order valence-corrected chi connectivity index (χ3v) is 8.19. The van der Waals surface area contributed by atoms with Gasteiger partial charge in [-0.15, -0.1) is 0 Å². The maximum absolute atomic E-state index is 12.4. The van der Waals surface area contributed by atoms with Gasteiger partial charge >= 0.3 is 11.9 Å². The van der Waals surface area contributed by atoms with Gasteiger partial charge in [-0.2, -0.15) is 0 Å². The summed E-state index contributed by atoms with van der Waals surface area (Å²) in [7, 11) is 0. The molecule has 1 aromatic rings. The predicted octanol–water partition coefficient (Wildman–Crippen LogP) is 7.39. The van der Waals surface area contributed by atoms with Crippen molar-refractivity contribution in [1.29, 1.82) is 0 Å². The van der Waals surface area contributed by atoms with Crippen molar-refractivity contribution in [3.8, 4) is 0 Å². The first-order valence-electron chi connectivity index (χ1n) is 17.5. The third kappa shape index (κ3) is 16.7. The lowest BCUT2D eigenvalue weighted by Crippen LogP contribution is -2.27. The maximum atomic E-state index is 12.4. The highest BCUT2D eigenvalue weighted by molar-refractivity contribution is 5.97. The van der Waals surface area contributed by atoms with Gasteiger partial charge in [-0.1, -0.05) is 72.3 Å². The summed E-state index contributed by atoms with van der Waals surface area (Å²) in [6.45, 7) is 15.3. The molecule has 1 rings (SSSR count). The van der Waals surface area contributed by atoms with Gasteiger partial charge in [-0.05, 0) is 68.6 Å². The maximum Gasteiger partial charge on any atom is 0.336 e. The molecule has 0 aliphatic heterocycles. The summed E-state index contributed by atoms with van der Waals surface area (Å²) in [6.07, 6.45) is 8.24. The van der Waals surface area contributed by atoms with E-state index in [1.54, 1.807) is 6.07 Å². The average Bonchev–Trinajstić information content (AvgIpc) is 3.04. The summed E-state index contributed by atoms with van der Waals surface area (Å²) < 4.78 is 35.1. The van der Waals surface area contributed by atoms with E-state index in [2.05, 4.69) is 27.7 Å². The Balaban J connectivity index is 2.84. The molecule has 2 N–H and O–H groups in total. The van der Waals surface area contributed by atoms with E-state index in [1.807, 2.05) is 13.8 Å². The molecule has 1 aromatic carbocycles. The van der Waals surface area contributed by atoms with Crippen LogP contribution in [-0.4, -0.2) is 87.6 Å². The van der Waals surface area contributed by atoms with E-state index in [-0.39, 0.29) is 49.5 Å². The van der Waals surface area contributed by atoms with Gasteiger partial charge in [-0.25, -0.2) is 9.59 Å². The molecule has 0 heterocycles. The highest BCUT2D eigenvalue weighted by Gasteiger charge is 2.23. The quantitative estimate of drug-likeness (QED) is 0.0640. The van der Waals surface area contributed by atoms with Crippen LogP contribution in [0.25, 0.3) is 0 Å². The minimum Gasteiger partial charge on any atom is -0.478 e. The fourth-order valence-corrected chi connectivity index (χ4v) is 5.29. The van der Waals surface area contributed by atoms with Gasteiger partial charge in [0.25, 0.3) is 0 Å². The second-order valence-corrected chi connectivity index (χ2v) is 11.7. The molecule has 10 heteroatoms. The molecule has 0 aromatic heterocycles. The van der Waals surface area contributed by atoms with Crippen molar-refractivity contribution in [3.63, 3.8) is 0 Å². The van der Waals surface area contributed by atoms with E-state index in [1.165, 1.54) is 12.5 Å². The number of hydrogen-bond acceptors (Lipinski definition) is 8. The zero-order valence-electron chi connectivity index (χ0n) is 29.4. The molecule has 4 unspecified atom stereocenters. The summed E-state index contributed by atoms with van der Waals surface area (Å²) in [4.78, 5) is 24.5. The van der Waals surface area contributed by atoms with Crippen LogP contribution in [0.3, 0.4) is 0 Å². The van der Waals surface area contributed by atoms with Gasteiger partial charge in [0.15, 0.2) is 12.6 Å². The Hall–Kier alpha value is -2.08. The molecule has 0 radical (unpaired) electrons. The normalized spacial score (nSPS) is 14.2. The molecule has 0 saturated heterocycles. The lowest BCUT2D eigenvalue weighted by molar-refractivity contribution is -0.176. The molecule has 0 saturated carbocycles. The number of carboxylic acid groups (broad SMARTS) is 2. The van der Waals surface area contributed by atoms with Crippen LogP contribution in [0.2, 0.25) is 0 Å². The molecule has 0 aliphatic rings. The summed E-state index contributed by atoms with van der Waals surface area (Å²) >= 11 is 0. The zero-order chi connectivity index (χ0) is 34.2. The lowest BCUT2D eigenvalue weighted by Gasteiger charge is -2.22. The first-order chi connectivity index (χ1) is 22.3. The van der Waals surface area contributed by atoms with Crippen molar-refractivity contribution in [2.24, 2.45) is 11.8 Å². The van der Waals surface area contributed by atoms with Gasteiger partial charge in [-0.3, -0.25) is 0 Å². The first kappa shape index (κ1) is 41.9.